The van der Waals surface area contributed by atoms with E-state index in [2.05, 4.69) is 25.3 Å². The van der Waals surface area contributed by atoms with Gasteiger partial charge in [-0.25, -0.2) is 19.6 Å². The van der Waals surface area contributed by atoms with Gasteiger partial charge in [0.05, 0.1) is 24.6 Å². The van der Waals surface area contributed by atoms with Crippen molar-refractivity contribution < 1.29 is 28.7 Å². The molecule has 2 saturated heterocycles. The van der Waals surface area contributed by atoms with Crippen LogP contribution in [0.1, 0.15) is 51.4 Å². The van der Waals surface area contributed by atoms with Crippen molar-refractivity contribution in [3.63, 3.8) is 0 Å². The molecule has 18 heteroatoms. The summed E-state index contributed by atoms with van der Waals surface area (Å²) in [6.45, 7) is 0.409. The predicted molar refractivity (Wildman–Crippen MR) is 207 cm³/mol. The van der Waals surface area contributed by atoms with E-state index >= 15 is 0 Å². The third kappa shape index (κ3) is 6.87. The molecular formula is C38H38Cl2N10O6. The number of nitrogen functional groups attached to an aromatic ring is 2. The van der Waals surface area contributed by atoms with Crippen LogP contribution in [0.25, 0.3) is 0 Å². The number of para-hydroxylation sites is 2. The molecule has 4 amide bonds. The quantitative estimate of drug-likeness (QED) is 0.183. The molecule has 5 N–H and O–H groups in total. The van der Waals surface area contributed by atoms with Gasteiger partial charge in [0.2, 0.25) is 22.4 Å². The van der Waals surface area contributed by atoms with Crippen molar-refractivity contribution in [1.29, 1.82) is 0 Å². The van der Waals surface area contributed by atoms with Crippen molar-refractivity contribution in [3.05, 3.63) is 83.6 Å². The molecule has 2 spiro atoms. The Bertz CT molecular complexity index is 2170. The number of benzene rings is 2. The number of nitrogens with zero attached hydrogens (tertiary/aromatic N) is 7. The van der Waals surface area contributed by atoms with Gasteiger partial charge >= 0.3 is 12.2 Å². The molecule has 16 nitrogen and oxygen atoms in total. The Hall–Kier alpha value is -5.74. The Kier molecular flexibility index (Phi) is 9.78. The molecule has 2 aromatic carbocycles. The largest absolute Gasteiger partial charge is 0.441 e. The van der Waals surface area contributed by atoms with Gasteiger partial charge in [0.1, 0.15) is 11.3 Å². The highest BCUT2D eigenvalue weighted by Crippen LogP contribution is 2.47. The molecule has 56 heavy (non-hydrogen) atoms. The molecular weight excluding hydrogens is 763 g/mol. The summed E-state index contributed by atoms with van der Waals surface area (Å²) in [7, 11) is 0. The SMILES string of the molecule is Nc1cnc(Cl)nc1N(C(=O)C1CCC2(CC1)OC(=O)N(c1ccccc1)C2NC(=O)C1CCC2(CC1)CN(c1ccccc1)C(=O)O2)c1cnc(Cl)nc1N. The van der Waals surface area contributed by atoms with E-state index in [9.17, 15) is 19.2 Å². The number of ether oxygens (including phenoxy) is 2. The maximum Gasteiger partial charge on any atom is 0.416 e. The second-order valence-corrected chi connectivity index (χ2v) is 15.2. The number of carbonyl (C=O) groups is 4. The van der Waals surface area contributed by atoms with E-state index in [0.29, 0.717) is 37.9 Å². The Morgan fingerprint density at radius 3 is 2.05 bits per heavy atom. The first kappa shape index (κ1) is 37.2. The Balaban J connectivity index is 1.01. The van der Waals surface area contributed by atoms with Gasteiger partial charge in [-0.1, -0.05) is 36.4 Å². The van der Waals surface area contributed by atoms with Crippen LogP contribution in [0.5, 0.6) is 0 Å². The summed E-state index contributed by atoms with van der Waals surface area (Å²) in [5, 5.41) is 2.93. The number of rotatable bonds is 7. The maximum atomic E-state index is 14.4. The fourth-order valence-electron chi connectivity index (χ4n) is 8.33. The van der Waals surface area contributed by atoms with Crippen LogP contribution < -0.4 is 31.5 Å². The molecule has 2 aromatic heterocycles. The van der Waals surface area contributed by atoms with Crippen LogP contribution in [-0.4, -0.2) is 67.8 Å². The summed E-state index contributed by atoms with van der Waals surface area (Å²) in [5.74, 6) is -1.75. The molecule has 2 saturated carbocycles. The van der Waals surface area contributed by atoms with Crippen molar-refractivity contribution in [2.45, 2.75) is 68.7 Å². The van der Waals surface area contributed by atoms with Crippen LogP contribution >= 0.6 is 23.2 Å². The lowest BCUT2D eigenvalue weighted by Crippen LogP contribution is -2.59. The van der Waals surface area contributed by atoms with Gasteiger partial charge in [0.25, 0.3) is 0 Å². The normalized spacial score (nSPS) is 25.9. The molecule has 1 atom stereocenters. The molecule has 0 bridgehead atoms. The van der Waals surface area contributed by atoms with E-state index < -0.39 is 41.4 Å². The molecule has 1 unspecified atom stereocenters. The van der Waals surface area contributed by atoms with Crippen molar-refractivity contribution in [1.82, 2.24) is 25.3 Å². The first-order valence-electron chi connectivity index (χ1n) is 18.3. The van der Waals surface area contributed by atoms with E-state index in [0.717, 1.165) is 5.69 Å². The minimum absolute atomic E-state index is 0.00463. The molecule has 2 aliphatic carbocycles. The highest BCUT2D eigenvalue weighted by Gasteiger charge is 2.58. The van der Waals surface area contributed by atoms with Crippen molar-refractivity contribution in [2.75, 3.05) is 32.7 Å². The first-order valence-corrected chi connectivity index (χ1v) is 19.0. The lowest BCUT2D eigenvalue weighted by molar-refractivity contribution is -0.131. The Labute approximate surface area is 331 Å². The predicted octanol–water partition coefficient (Wildman–Crippen LogP) is 6.02. The molecule has 2 aliphatic heterocycles. The number of aromatic nitrogens is 4. The number of nitrogens with two attached hydrogens (primary N) is 2. The third-order valence-corrected chi connectivity index (χ3v) is 11.6. The highest BCUT2D eigenvalue weighted by molar-refractivity contribution is 6.29. The molecule has 0 radical (unpaired) electrons. The average molecular weight is 802 g/mol. The molecule has 4 heterocycles. The zero-order chi connectivity index (χ0) is 39.2. The van der Waals surface area contributed by atoms with Crippen LogP contribution in [0.15, 0.2) is 73.1 Å². The molecule has 4 fully saturated rings. The summed E-state index contributed by atoms with van der Waals surface area (Å²) in [6, 6.07) is 18.4. The lowest BCUT2D eigenvalue weighted by Gasteiger charge is -2.41. The van der Waals surface area contributed by atoms with E-state index in [4.69, 9.17) is 44.1 Å². The van der Waals surface area contributed by atoms with E-state index in [1.54, 1.807) is 29.2 Å². The molecule has 4 aromatic rings. The number of amides is 4. The smallest absolute Gasteiger partial charge is 0.416 e. The van der Waals surface area contributed by atoms with Crippen LogP contribution in [0.2, 0.25) is 10.6 Å². The van der Waals surface area contributed by atoms with Crippen molar-refractivity contribution >= 4 is 81.6 Å². The second-order valence-electron chi connectivity index (χ2n) is 14.6. The Morgan fingerprint density at radius 1 is 0.786 bits per heavy atom. The van der Waals surface area contributed by atoms with Gasteiger partial charge in [-0.2, -0.15) is 9.97 Å². The fraction of sp³-hybridized carbons (Fsp3) is 0.368. The number of halogens is 2. The topological polar surface area (TPSA) is 212 Å². The average Bonchev–Trinajstić information content (AvgIpc) is 3.66. The van der Waals surface area contributed by atoms with E-state index in [-0.39, 0.29) is 71.1 Å². The van der Waals surface area contributed by atoms with E-state index in [1.807, 2.05) is 36.4 Å². The highest BCUT2D eigenvalue weighted by atomic mass is 35.5. The number of hydrogen-bond donors (Lipinski definition) is 3. The van der Waals surface area contributed by atoms with Gasteiger partial charge in [0, 0.05) is 23.2 Å². The molecule has 4 aliphatic rings. The fourth-order valence-corrected chi connectivity index (χ4v) is 8.60. The van der Waals surface area contributed by atoms with Crippen molar-refractivity contribution in [2.24, 2.45) is 11.8 Å². The number of hydrogen-bond acceptors (Lipinski definition) is 12. The number of anilines is 6. The summed E-state index contributed by atoms with van der Waals surface area (Å²) >= 11 is 12.1. The minimum Gasteiger partial charge on any atom is -0.441 e. The Morgan fingerprint density at radius 2 is 1.39 bits per heavy atom. The lowest BCUT2D eigenvalue weighted by atomic mass is 9.75. The van der Waals surface area contributed by atoms with E-state index in [1.165, 1.54) is 22.2 Å². The van der Waals surface area contributed by atoms with Gasteiger partial charge in [-0.05, 0) is 98.8 Å². The van der Waals surface area contributed by atoms with Crippen molar-refractivity contribution in [3.8, 4) is 0 Å². The van der Waals surface area contributed by atoms with Gasteiger partial charge in [-0.15, -0.1) is 0 Å². The monoisotopic (exact) mass is 800 g/mol. The van der Waals surface area contributed by atoms with Gasteiger partial charge in [-0.3, -0.25) is 24.3 Å². The molecule has 8 rings (SSSR count). The van der Waals surface area contributed by atoms with Gasteiger partial charge < -0.3 is 26.3 Å². The summed E-state index contributed by atoms with van der Waals surface area (Å²) in [4.78, 5) is 75.7. The summed E-state index contributed by atoms with van der Waals surface area (Å²) in [5.41, 5.74) is 12.1. The minimum atomic E-state index is -1.16. The zero-order valence-electron chi connectivity index (χ0n) is 30.0. The second kappa shape index (κ2) is 14.7. The van der Waals surface area contributed by atoms with Crippen LogP contribution in [-0.2, 0) is 19.1 Å². The maximum absolute atomic E-state index is 14.4. The first-order chi connectivity index (χ1) is 27.0. The summed E-state index contributed by atoms with van der Waals surface area (Å²) < 4.78 is 12.1. The third-order valence-electron chi connectivity index (χ3n) is 11.3. The number of carbonyl (C=O) groups excluding carboxylic acids is 4. The number of nitrogens with one attached hydrogen (secondary N) is 1. The molecule has 290 valence electrons. The van der Waals surface area contributed by atoms with Crippen LogP contribution in [0.3, 0.4) is 0 Å². The van der Waals surface area contributed by atoms with Gasteiger partial charge in [0.15, 0.2) is 23.4 Å². The van der Waals surface area contributed by atoms with Crippen LogP contribution in [0.4, 0.5) is 44.0 Å². The zero-order valence-corrected chi connectivity index (χ0v) is 31.5. The van der Waals surface area contributed by atoms with Crippen LogP contribution in [0, 0.1) is 11.8 Å². The standard InChI is InChI=1S/C38H38Cl2N10O6/c39-33-44-20-27(28(42)45-33)50(29-26(41)19-43-34(40)46-29)31(52)23-13-17-38(18-14-23)32(49(36(54)56-38)25-9-5-2-6-10-25)47-30(51)22-11-15-37(16-12-22)21-48(35(53)55-37)24-7-3-1-4-8-24/h1-10,19-20,22-23,32H,11-18,21,41H2,(H,47,51)(H2,42,44,45). The summed E-state index contributed by atoms with van der Waals surface area (Å²) in [6.07, 6.45) is 3.71.